The molecule has 2 N–H and O–H groups in total. The van der Waals surface area contributed by atoms with Crippen LogP contribution in [-0.2, 0) is 11.2 Å². The first-order valence-corrected chi connectivity index (χ1v) is 7.35. The fourth-order valence-electron chi connectivity index (χ4n) is 1.67. The van der Waals surface area contributed by atoms with Crippen LogP contribution in [0.25, 0.3) is 0 Å². The summed E-state index contributed by atoms with van der Waals surface area (Å²) in [7, 11) is 1.72. The first-order chi connectivity index (χ1) is 8.84. The molecule has 0 heterocycles. The van der Waals surface area contributed by atoms with Crippen molar-refractivity contribution in [3.8, 4) is 5.75 Å². The molecule has 0 fully saturated rings. The molecule has 0 saturated heterocycles. The highest BCUT2D eigenvalue weighted by atomic mass is 79.9. The molecular weight excluding hydrogens is 306 g/mol. The molecule has 0 amide bonds. The Morgan fingerprint density at radius 1 is 1.37 bits per heavy atom. The number of ether oxygens (including phenoxy) is 2. The van der Waals surface area contributed by atoms with E-state index in [0.29, 0.717) is 6.61 Å². The summed E-state index contributed by atoms with van der Waals surface area (Å²) >= 11 is 3.54. The summed E-state index contributed by atoms with van der Waals surface area (Å²) in [6.45, 7) is 6.74. The van der Waals surface area contributed by atoms with Crippen molar-refractivity contribution >= 4 is 15.9 Å². The van der Waals surface area contributed by atoms with Crippen LogP contribution in [0.15, 0.2) is 22.7 Å². The average molecular weight is 330 g/mol. The lowest BCUT2D eigenvalue weighted by Crippen LogP contribution is -2.25. The van der Waals surface area contributed by atoms with Gasteiger partial charge in [-0.25, -0.2) is 0 Å². The molecule has 0 radical (unpaired) electrons. The quantitative estimate of drug-likeness (QED) is 0.832. The van der Waals surface area contributed by atoms with Crippen LogP contribution < -0.4 is 10.5 Å². The summed E-state index contributed by atoms with van der Waals surface area (Å²) < 4.78 is 12.1. The number of benzene rings is 1. The van der Waals surface area contributed by atoms with Gasteiger partial charge in [-0.2, -0.15) is 0 Å². The average Bonchev–Trinajstić information content (AvgIpc) is 2.31. The zero-order valence-corrected chi connectivity index (χ0v) is 13.8. The van der Waals surface area contributed by atoms with Crippen molar-refractivity contribution in [1.82, 2.24) is 0 Å². The monoisotopic (exact) mass is 329 g/mol. The third-order valence-corrected chi connectivity index (χ3v) is 3.69. The van der Waals surface area contributed by atoms with Gasteiger partial charge in [-0.15, -0.1) is 0 Å². The second-order valence-corrected chi connectivity index (χ2v) is 6.36. The largest absolute Gasteiger partial charge is 0.492 e. The molecule has 0 aromatic heterocycles. The van der Waals surface area contributed by atoms with Gasteiger partial charge in [-0.1, -0.05) is 6.07 Å². The van der Waals surface area contributed by atoms with Crippen LogP contribution in [0.5, 0.6) is 5.75 Å². The van der Waals surface area contributed by atoms with Crippen LogP contribution in [-0.4, -0.2) is 25.4 Å². The van der Waals surface area contributed by atoms with Gasteiger partial charge in [0.2, 0.25) is 0 Å². The molecular formula is C15H24BrNO2. The van der Waals surface area contributed by atoms with E-state index >= 15 is 0 Å². The summed E-state index contributed by atoms with van der Waals surface area (Å²) in [4.78, 5) is 0. The Balaban J connectivity index is 2.55. The van der Waals surface area contributed by atoms with Crippen LogP contribution in [0.4, 0.5) is 0 Å². The molecule has 0 aliphatic carbocycles. The maximum atomic E-state index is 5.80. The lowest BCUT2D eigenvalue weighted by Gasteiger charge is -2.22. The van der Waals surface area contributed by atoms with Crippen LogP contribution >= 0.6 is 15.9 Å². The van der Waals surface area contributed by atoms with E-state index < -0.39 is 0 Å². The normalized spacial score (nSPS) is 13.4. The zero-order valence-electron chi connectivity index (χ0n) is 12.2. The van der Waals surface area contributed by atoms with Gasteiger partial charge in [-0.3, -0.25) is 0 Å². The summed E-state index contributed by atoms with van der Waals surface area (Å²) in [5, 5.41) is 0. The summed E-state index contributed by atoms with van der Waals surface area (Å²) in [5.41, 5.74) is 6.86. The molecule has 0 spiro atoms. The maximum absolute atomic E-state index is 5.80. The fourth-order valence-corrected chi connectivity index (χ4v) is 2.21. The molecule has 1 atom stereocenters. The van der Waals surface area contributed by atoms with E-state index in [1.165, 1.54) is 5.56 Å². The van der Waals surface area contributed by atoms with Crippen molar-refractivity contribution in [2.24, 2.45) is 5.73 Å². The number of rotatable bonds is 7. The van der Waals surface area contributed by atoms with Gasteiger partial charge in [0.25, 0.3) is 0 Å². The Hall–Kier alpha value is -0.580. The Bertz CT molecular complexity index is 405. The topological polar surface area (TPSA) is 44.5 Å². The fraction of sp³-hybridized carbons (Fsp3) is 0.600. The molecule has 1 rings (SSSR count). The van der Waals surface area contributed by atoms with Gasteiger partial charge in [0, 0.05) is 19.6 Å². The van der Waals surface area contributed by atoms with E-state index in [2.05, 4.69) is 41.9 Å². The zero-order chi connectivity index (χ0) is 14.5. The van der Waals surface area contributed by atoms with Crippen LogP contribution in [0.1, 0.15) is 32.8 Å². The number of hydrogen-bond donors (Lipinski definition) is 1. The molecule has 0 saturated carbocycles. The molecule has 0 aliphatic heterocycles. The first-order valence-electron chi connectivity index (χ1n) is 6.56. The van der Waals surface area contributed by atoms with E-state index in [1.807, 2.05) is 13.0 Å². The lowest BCUT2D eigenvalue weighted by atomic mass is 10.1. The molecule has 0 aliphatic rings. The highest BCUT2D eigenvalue weighted by molar-refractivity contribution is 9.10. The van der Waals surface area contributed by atoms with Gasteiger partial charge < -0.3 is 15.2 Å². The number of methoxy groups -OCH3 is 1. The molecule has 108 valence electrons. The predicted molar refractivity (Wildman–Crippen MR) is 82.7 cm³/mol. The molecule has 0 bridgehead atoms. The first kappa shape index (κ1) is 16.5. The minimum absolute atomic E-state index is 0.151. The van der Waals surface area contributed by atoms with E-state index in [1.54, 1.807) is 7.11 Å². The highest BCUT2D eigenvalue weighted by Gasteiger charge is 2.16. The van der Waals surface area contributed by atoms with Crippen LogP contribution in [0.3, 0.4) is 0 Å². The molecule has 1 aromatic carbocycles. The SMILES string of the molecule is COC(C)(C)CCOc1ccc(CC(C)N)cc1Br. The predicted octanol–water partition coefficient (Wildman–Crippen LogP) is 3.53. The minimum atomic E-state index is -0.151. The number of halogens is 1. The van der Waals surface area contributed by atoms with Crippen molar-refractivity contribution in [3.63, 3.8) is 0 Å². The summed E-state index contributed by atoms with van der Waals surface area (Å²) in [6.07, 6.45) is 1.72. The van der Waals surface area contributed by atoms with Gasteiger partial charge >= 0.3 is 0 Å². The van der Waals surface area contributed by atoms with Crippen molar-refractivity contribution < 1.29 is 9.47 Å². The third kappa shape index (κ3) is 5.93. The third-order valence-electron chi connectivity index (χ3n) is 3.07. The van der Waals surface area contributed by atoms with E-state index in [0.717, 1.165) is 23.1 Å². The second kappa shape index (κ2) is 7.27. The van der Waals surface area contributed by atoms with Gasteiger partial charge in [-0.05, 0) is 60.8 Å². The Morgan fingerprint density at radius 2 is 2.05 bits per heavy atom. The highest BCUT2D eigenvalue weighted by Crippen LogP contribution is 2.27. The van der Waals surface area contributed by atoms with Gasteiger partial charge in [0.15, 0.2) is 0 Å². The van der Waals surface area contributed by atoms with Crippen molar-refractivity contribution in [1.29, 1.82) is 0 Å². The minimum Gasteiger partial charge on any atom is -0.492 e. The van der Waals surface area contributed by atoms with Gasteiger partial charge in [0.1, 0.15) is 5.75 Å². The lowest BCUT2D eigenvalue weighted by molar-refractivity contribution is 0.00539. The van der Waals surface area contributed by atoms with Crippen molar-refractivity contribution in [2.75, 3.05) is 13.7 Å². The molecule has 1 unspecified atom stereocenters. The number of hydrogen-bond acceptors (Lipinski definition) is 3. The van der Waals surface area contributed by atoms with Crippen molar-refractivity contribution in [2.45, 2.75) is 45.3 Å². The Morgan fingerprint density at radius 3 is 2.58 bits per heavy atom. The molecule has 3 nitrogen and oxygen atoms in total. The maximum Gasteiger partial charge on any atom is 0.133 e. The molecule has 1 aromatic rings. The Labute approximate surface area is 124 Å². The van der Waals surface area contributed by atoms with E-state index in [-0.39, 0.29) is 11.6 Å². The van der Waals surface area contributed by atoms with Crippen LogP contribution in [0, 0.1) is 0 Å². The Kier molecular flexibility index (Phi) is 6.30. The van der Waals surface area contributed by atoms with Gasteiger partial charge in [0.05, 0.1) is 16.7 Å². The summed E-state index contributed by atoms with van der Waals surface area (Å²) in [6, 6.07) is 6.29. The second-order valence-electron chi connectivity index (χ2n) is 5.51. The van der Waals surface area contributed by atoms with E-state index in [9.17, 15) is 0 Å². The van der Waals surface area contributed by atoms with E-state index in [4.69, 9.17) is 15.2 Å². The number of nitrogens with two attached hydrogens (primary N) is 1. The van der Waals surface area contributed by atoms with Crippen molar-refractivity contribution in [3.05, 3.63) is 28.2 Å². The molecule has 19 heavy (non-hydrogen) atoms. The van der Waals surface area contributed by atoms with Crippen LogP contribution in [0.2, 0.25) is 0 Å². The smallest absolute Gasteiger partial charge is 0.133 e. The molecule has 4 heteroatoms. The standard InChI is InChI=1S/C15H24BrNO2/c1-11(17)9-12-5-6-14(13(16)10-12)19-8-7-15(2,3)18-4/h5-6,10-11H,7-9,17H2,1-4H3. The summed E-state index contributed by atoms with van der Waals surface area (Å²) in [5.74, 6) is 0.861.